The Morgan fingerprint density at radius 3 is 2.20 bits per heavy atom. The highest BCUT2D eigenvalue weighted by atomic mass is 14.9. The predicted octanol–water partition coefficient (Wildman–Crippen LogP) is 3.37. The quantitative estimate of drug-likeness (QED) is 0.924. The van der Waals surface area contributed by atoms with Crippen LogP contribution in [0.2, 0.25) is 0 Å². The van der Waals surface area contributed by atoms with E-state index >= 15 is 0 Å². The molecule has 1 N–H and O–H groups in total. The fraction of sp³-hybridized carbons (Fsp3) is 0.412. The molecule has 106 valence electrons. The second-order valence-electron chi connectivity index (χ2n) is 6.20. The Morgan fingerprint density at radius 2 is 1.65 bits per heavy atom. The molecule has 20 heavy (non-hydrogen) atoms. The van der Waals surface area contributed by atoms with E-state index in [0.717, 1.165) is 24.5 Å². The van der Waals surface area contributed by atoms with E-state index in [-0.39, 0.29) is 5.41 Å². The van der Waals surface area contributed by atoms with Crippen LogP contribution in [0.25, 0.3) is 0 Å². The van der Waals surface area contributed by atoms with Gasteiger partial charge in [0.15, 0.2) is 0 Å². The van der Waals surface area contributed by atoms with Crippen molar-refractivity contribution in [3.8, 4) is 0 Å². The minimum Gasteiger partial charge on any atom is -0.307 e. The Hall–Kier alpha value is -1.74. The van der Waals surface area contributed by atoms with Crippen molar-refractivity contribution in [2.75, 3.05) is 0 Å². The molecule has 0 atom stereocenters. The lowest BCUT2D eigenvalue weighted by Gasteiger charge is -2.19. The SMILES string of the molecule is Cc1cnc(CNCc2ccc(C(C)(C)C)cc2)cn1. The van der Waals surface area contributed by atoms with Gasteiger partial charge in [-0.3, -0.25) is 9.97 Å². The maximum absolute atomic E-state index is 4.33. The normalized spacial score (nSPS) is 11.6. The monoisotopic (exact) mass is 269 g/mol. The van der Waals surface area contributed by atoms with Gasteiger partial charge in [-0.05, 0) is 23.5 Å². The summed E-state index contributed by atoms with van der Waals surface area (Å²) < 4.78 is 0. The lowest BCUT2D eigenvalue weighted by Crippen LogP contribution is -2.15. The topological polar surface area (TPSA) is 37.8 Å². The maximum Gasteiger partial charge on any atom is 0.0724 e. The van der Waals surface area contributed by atoms with Crippen LogP contribution in [0.3, 0.4) is 0 Å². The highest BCUT2D eigenvalue weighted by Gasteiger charge is 2.12. The van der Waals surface area contributed by atoms with Gasteiger partial charge >= 0.3 is 0 Å². The first-order chi connectivity index (χ1) is 9.45. The molecule has 0 aliphatic rings. The average Bonchev–Trinajstić information content (AvgIpc) is 2.41. The highest BCUT2D eigenvalue weighted by Crippen LogP contribution is 2.22. The van der Waals surface area contributed by atoms with Gasteiger partial charge in [0.05, 0.1) is 11.4 Å². The van der Waals surface area contributed by atoms with Crippen LogP contribution in [-0.2, 0) is 18.5 Å². The molecule has 1 aromatic heterocycles. The van der Waals surface area contributed by atoms with Crippen LogP contribution >= 0.6 is 0 Å². The molecule has 2 aromatic rings. The zero-order valence-electron chi connectivity index (χ0n) is 12.8. The van der Waals surface area contributed by atoms with Crippen LogP contribution in [0, 0.1) is 6.92 Å². The Morgan fingerprint density at radius 1 is 0.950 bits per heavy atom. The van der Waals surface area contributed by atoms with Gasteiger partial charge in [-0.1, -0.05) is 45.0 Å². The van der Waals surface area contributed by atoms with Crippen molar-refractivity contribution in [3.63, 3.8) is 0 Å². The van der Waals surface area contributed by atoms with Crippen molar-refractivity contribution >= 4 is 0 Å². The smallest absolute Gasteiger partial charge is 0.0724 e. The van der Waals surface area contributed by atoms with Crippen molar-refractivity contribution in [3.05, 3.63) is 59.2 Å². The van der Waals surface area contributed by atoms with Crippen molar-refractivity contribution < 1.29 is 0 Å². The summed E-state index contributed by atoms with van der Waals surface area (Å²) in [5, 5.41) is 3.39. The van der Waals surface area contributed by atoms with Gasteiger partial charge in [0, 0.05) is 25.5 Å². The standard InChI is InChI=1S/C17H23N3/c1-13-9-20-16(12-19-13)11-18-10-14-5-7-15(8-6-14)17(2,3)4/h5-9,12,18H,10-11H2,1-4H3. The number of hydrogen-bond acceptors (Lipinski definition) is 3. The lowest BCUT2D eigenvalue weighted by molar-refractivity contribution is 0.589. The molecule has 0 fully saturated rings. The molecule has 0 amide bonds. The zero-order chi connectivity index (χ0) is 14.6. The van der Waals surface area contributed by atoms with Gasteiger partial charge < -0.3 is 5.32 Å². The molecule has 1 aromatic carbocycles. The maximum atomic E-state index is 4.33. The summed E-state index contributed by atoms with van der Waals surface area (Å²) in [6.07, 6.45) is 3.63. The van der Waals surface area contributed by atoms with Crippen LogP contribution in [0.1, 0.15) is 43.3 Å². The summed E-state index contributed by atoms with van der Waals surface area (Å²) in [6.45, 7) is 10.2. The fourth-order valence-electron chi connectivity index (χ4n) is 1.97. The number of nitrogens with zero attached hydrogens (tertiary/aromatic N) is 2. The van der Waals surface area contributed by atoms with E-state index in [1.807, 2.05) is 13.1 Å². The van der Waals surface area contributed by atoms with Crippen LogP contribution < -0.4 is 5.32 Å². The van der Waals surface area contributed by atoms with Gasteiger partial charge in [0.1, 0.15) is 0 Å². The highest BCUT2D eigenvalue weighted by molar-refractivity contribution is 5.27. The summed E-state index contributed by atoms with van der Waals surface area (Å²) in [7, 11) is 0. The van der Waals surface area contributed by atoms with E-state index < -0.39 is 0 Å². The molecule has 0 unspecified atom stereocenters. The third-order valence-electron chi connectivity index (χ3n) is 3.29. The number of aromatic nitrogens is 2. The van der Waals surface area contributed by atoms with Gasteiger partial charge in [-0.25, -0.2) is 0 Å². The van der Waals surface area contributed by atoms with E-state index in [1.165, 1.54) is 11.1 Å². The average molecular weight is 269 g/mol. The van der Waals surface area contributed by atoms with Crippen LogP contribution in [0.4, 0.5) is 0 Å². The minimum absolute atomic E-state index is 0.212. The summed E-state index contributed by atoms with van der Waals surface area (Å²) in [5.41, 5.74) is 4.79. The predicted molar refractivity (Wildman–Crippen MR) is 82.5 cm³/mol. The molecular formula is C17H23N3. The van der Waals surface area contributed by atoms with E-state index in [0.29, 0.717) is 0 Å². The van der Waals surface area contributed by atoms with Crippen LogP contribution in [0.15, 0.2) is 36.7 Å². The molecule has 0 spiro atoms. The molecule has 0 aliphatic heterocycles. The zero-order valence-corrected chi connectivity index (χ0v) is 12.8. The summed E-state index contributed by atoms with van der Waals surface area (Å²) in [6, 6.07) is 8.80. The lowest BCUT2D eigenvalue weighted by atomic mass is 9.87. The first-order valence-electron chi connectivity index (χ1n) is 7.03. The van der Waals surface area contributed by atoms with E-state index in [2.05, 4.69) is 60.3 Å². The van der Waals surface area contributed by atoms with Crippen LogP contribution in [0.5, 0.6) is 0 Å². The number of benzene rings is 1. The first-order valence-corrected chi connectivity index (χ1v) is 7.03. The van der Waals surface area contributed by atoms with Crippen LogP contribution in [-0.4, -0.2) is 9.97 Å². The fourth-order valence-corrected chi connectivity index (χ4v) is 1.97. The Kier molecular flexibility index (Phi) is 4.50. The number of rotatable bonds is 4. The second-order valence-corrected chi connectivity index (χ2v) is 6.20. The number of hydrogen-bond donors (Lipinski definition) is 1. The molecule has 2 rings (SSSR count). The Balaban J connectivity index is 1.87. The van der Waals surface area contributed by atoms with Gasteiger partial charge in [-0.15, -0.1) is 0 Å². The third-order valence-corrected chi connectivity index (χ3v) is 3.29. The van der Waals surface area contributed by atoms with Gasteiger partial charge in [-0.2, -0.15) is 0 Å². The minimum atomic E-state index is 0.212. The molecule has 1 heterocycles. The van der Waals surface area contributed by atoms with Gasteiger partial charge in [0.2, 0.25) is 0 Å². The molecule has 3 nitrogen and oxygen atoms in total. The largest absolute Gasteiger partial charge is 0.307 e. The molecule has 3 heteroatoms. The summed E-state index contributed by atoms with van der Waals surface area (Å²) >= 11 is 0. The number of aryl methyl sites for hydroxylation is 1. The summed E-state index contributed by atoms with van der Waals surface area (Å²) in [4.78, 5) is 8.57. The van der Waals surface area contributed by atoms with E-state index in [4.69, 9.17) is 0 Å². The molecule has 0 saturated carbocycles. The molecule has 0 saturated heterocycles. The van der Waals surface area contributed by atoms with E-state index in [9.17, 15) is 0 Å². The van der Waals surface area contributed by atoms with E-state index in [1.54, 1.807) is 6.20 Å². The Bertz CT molecular complexity index is 536. The van der Waals surface area contributed by atoms with Crippen molar-refractivity contribution in [2.24, 2.45) is 0 Å². The summed E-state index contributed by atoms with van der Waals surface area (Å²) in [5.74, 6) is 0. The van der Waals surface area contributed by atoms with Crippen molar-refractivity contribution in [2.45, 2.75) is 46.2 Å². The van der Waals surface area contributed by atoms with Crippen molar-refractivity contribution in [1.29, 1.82) is 0 Å². The molecule has 0 bridgehead atoms. The molecule has 0 aliphatic carbocycles. The number of nitrogens with one attached hydrogen (secondary N) is 1. The third kappa shape index (κ3) is 4.14. The second kappa shape index (κ2) is 6.14. The van der Waals surface area contributed by atoms with Crippen molar-refractivity contribution in [1.82, 2.24) is 15.3 Å². The van der Waals surface area contributed by atoms with Gasteiger partial charge in [0.25, 0.3) is 0 Å². The Labute approximate surface area is 121 Å². The molecular weight excluding hydrogens is 246 g/mol. The molecule has 0 radical (unpaired) electrons. The first kappa shape index (κ1) is 14.7.